The topological polar surface area (TPSA) is 89.2 Å². The van der Waals surface area contributed by atoms with Gasteiger partial charge in [0.2, 0.25) is 0 Å². The molecule has 1 N–H and O–H groups in total. The standard InChI is InChI=1S/C29H28ClNO6/c1-3-31(4-2)15-16-35-22-12-7-20(8-13-22)29-27(24-17-21(30)9-14-25(24)37-29)28(34)19-5-10-23(11-6-19)36-18-26(32)33/h5-14,17H,3-4,15-16,18H2,1-2H3,(H,32,33). The Kier molecular flexibility index (Phi) is 8.48. The number of ether oxygens (including phenoxy) is 2. The van der Waals surface area contributed by atoms with Crippen molar-refractivity contribution in [3.05, 3.63) is 82.9 Å². The monoisotopic (exact) mass is 521 g/mol. The molecule has 0 fully saturated rings. The quantitative estimate of drug-likeness (QED) is 0.223. The number of hydrogen-bond donors (Lipinski definition) is 1. The molecule has 8 heteroatoms. The number of hydrogen-bond acceptors (Lipinski definition) is 6. The van der Waals surface area contributed by atoms with E-state index in [-0.39, 0.29) is 5.78 Å². The van der Waals surface area contributed by atoms with Gasteiger partial charge in [0.25, 0.3) is 0 Å². The van der Waals surface area contributed by atoms with Gasteiger partial charge in [0.15, 0.2) is 12.4 Å². The second kappa shape index (κ2) is 12.0. The predicted molar refractivity (Wildman–Crippen MR) is 143 cm³/mol. The molecule has 0 saturated carbocycles. The van der Waals surface area contributed by atoms with Crippen LogP contribution in [0, 0.1) is 0 Å². The summed E-state index contributed by atoms with van der Waals surface area (Å²) in [4.78, 5) is 26.7. The Labute approximate surface area is 220 Å². The lowest BCUT2D eigenvalue weighted by atomic mass is 9.97. The highest BCUT2D eigenvalue weighted by Crippen LogP contribution is 2.37. The zero-order chi connectivity index (χ0) is 26.4. The van der Waals surface area contributed by atoms with E-state index < -0.39 is 12.6 Å². The predicted octanol–water partition coefficient (Wildman–Crippen LogP) is 6.17. The Morgan fingerprint density at radius 2 is 1.57 bits per heavy atom. The molecule has 0 radical (unpaired) electrons. The second-order valence-corrected chi connectivity index (χ2v) is 8.82. The molecule has 7 nitrogen and oxygen atoms in total. The van der Waals surface area contributed by atoms with Crippen LogP contribution >= 0.6 is 11.6 Å². The number of nitrogens with zero attached hydrogens (tertiary/aromatic N) is 1. The van der Waals surface area contributed by atoms with Gasteiger partial charge in [-0.25, -0.2) is 4.79 Å². The van der Waals surface area contributed by atoms with Crippen LogP contribution in [0.25, 0.3) is 22.3 Å². The van der Waals surface area contributed by atoms with E-state index in [1.165, 1.54) is 0 Å². The van der Waals surface area contributed by atoms with Crippen molar-refractivity contribution in [3.8, 4) is 22.8 Å². The summed E-state index contributed by atoms with van der Waals surface area (Å²) in [6.45, 7) is 7.17. The number of ketones is 1. The van der Waals surface area contributed by atoms with Gasteiger partial charge < -0.3 is 23.9 Å². The van der Waals surface area contributed by atoms with Gasteiger partial charge in [0.05, 0.1) is 5.56 Å². The summed E-state index contributed by atoms with van der Waals surface area (Å²) in [6, 6.07) is 19.0. The van der Waals surface area contributed by atoms with Crippen LogP contribution in [0.3, 0.4) is 0 Å². The second-order valence-electron chi connectivity index (χ2n) is 8.38. The first-order chi connectivity index (χ1) is 17.9. The van der Waals surface area contributed by atoms with Crippen molar-refractivity contribution >= 4 is 34.3 Å². The minimum Gasteiger partial charge on any atom is -0.492 e. The number of carboxylic acids is 1. The van der Waals surface area contributed by atoms with Crippen molar-refractivity contribution in [2.24, 2.45) is 0 Å². The molecular weight excluding hydrogens is 494 g/mol. The highest BCUT2D eigenvalue weighted by Gasteiger charge is 2.24. The molecule has 4 aromatic rings. The minimum atomic E-state index is -1.08. The van der Waals surface area contributed by atoms with E-state index in [4.69, 9.17) is 30.6 Å². The summed E-state index contributed by atoms with van der Waals surface area (Å²) in [5.74, 6) is 0.200. The van der Waals surface area contributed by atoms with E-state index in [2.05, 4.69) is 18.7 Å². The first kappa shape index (κ1) is 26.3. The van der Waals surface area contributed by atoms with Gasteiger partial charge in [-0.3, -0.25) is 4.79 Å². The third-order valence-corrected chi connectivity index (χ3v) is 6.28. The lowest BCUT2D eigenvalue weighted by molar-refractivity contribution is -0.139. The average molecular weight is 522 g/mol. The zero-order valence-corrected chi connectivity index (χ0v) is 21.5. The van der Waals surface area contributed by atoms with Crippen molar-refractivity contribution in [2.75, 3.05) is 32.8 Å². The molecule has 1 heterocycles. The summed E-state index contributed by atoms with van der Waals surface area (Å²) >= 11 is 6.25. The van der Waals surface area contributed by atoms with Crippen molar-refractivity contribution < 1.29 is 28.6 Å². The molecule has 0 aliphatic heterocycles. The molecular formula is C29H28ClNO6. The van der Waals surface area contributed by atoms with Gasteiger partial charge in [-0.1, -0.05) is 25.4 Å². The van der Waals surface area contributed by atoms with Crippen molar-refractivity contribution in [2.45, 2.75) is 13.8 Å². The molecule has 0 unspecified atom stereocenters. The number of carboxylic acid groups (broad SMARTS) is 1. The molecule has 4 rings (SSSR count). The Bertz CT molecular complexity index is 1370. The summed E-state index contributed by atoms with van der Waals surface area (Å²) < 4.78 is 17.2. The molecule has 0 aliphatic rings. The molecule has 37 heavy (non-hydrogen) atoms. The average Bonchev–Trinajstić information content (AvgIpc) is 3.28. The smallest absolute Gasteiger partial charge is 0.341 e. The molecule has 0 atom stereocenters. The SMILES string of the molecule is CCN(CC)CCOc1ccc(-c2oc3ccc(Cl)cc3c2C(=O)c2ccc(OCC(=O)O)cc2)cc1. The summed E-state index contributed by atoms with van der Waals surface area (Å²) in [5.41, 5.74) is 2.08. The van der Waals surface area contributed by atoms with E-state index in [0.717, 1.165) is 30.9 Å². The molecule has 0 aliphatic carbocycles. The van der Waals surface area contributed by atoms with E-state index in [9.17, 15) is 9.59 Å². The van der Waals surface area contributed by atoms with Gasteiger partial charge in [-0.15, -0.1) is 0 Å². The number of carbonyl (C=O) groups excluding carboxylic acids is 1. The van der Waals surface area contributed by atoms with Crippen LogP contribution in [-0.2, 0) is 4.79 Å². The Hall–Kier alpha value is -3.81. The molecule has 192 valence electrons. The molecule has 0 bridgehead atoms. The fourth-order valence-corrected chi connectivity index (χ4v) is 4.20. The first-order valence-electron chi connectivity index (χ1n) is 12.1. The van der Waals surface area contributed by atoms with Crippen LogP contribution in [-0.4, -0.2) is 54.6 Å². The third kappa shape index (κ3) is 6.31. The lowest BCUT2D eigenvalue weighted by Crippen LogP contribution is -2.27. The summed E-state index contributed by atoms with van der Waals surface area (Å²) in [5, 5.41) is 9.90. The van der Waals surface area contributed by atoms with Gasteiger partial charge in [0.1, 0.15) is 29.4 Å². The number of fused-ring (bicyclic) bond motifs is 1. The number of benzene rings is 3. The van der Waals surface area contributed by atoms with Gasteiger partial charge in [-0.2, -0.15) is 0 Å². The highest BCUT2D eigenvalue weighted by atomic mass is 35.5. The summed E-state index contributed by atoms with van der Waals surface area (Å²) in [6.07, 6.45) is 0. The van der Waals surface area contributed by atoms with Gasteiger partial charge in [0, 0.05) is 28.1 Å². The van der Waals surface area contributed by atoms with Gasteiger partial charge in [-0.05, 0) is 79.8 Å². The summed E-state index contributed by atoms with van der Waals surface area (Å²) in [7, 11) is 0. The van der Waals surface area contributed by atoms with Crippen LogP contribution in [0.4, 0.5) is 0 Å². The third-order valence-electron chi connectivity index (χ3n) is 6.04. The van der Waals surface area contributed by atoms with E-state index in [1.54, 1.807) is 42.5 Å². The first-order valence-corrected chi connectivity index (χ1v) is 12.4. The van der Waals surface area contributed by atoms with Crippen LogP contribution in [0.15, 0.2) is 71.1 Å². The number of rotatable bonds is 12. The highest BCUT2D eigenvalue weighted by molar-refractivity contribution is 6.32. The van der Waals surface area contributed by atoms with Gasteiger partial charge >= 0.3 is 5.97 Å². The number of likely N-dealkylation sites (N-methyl/N-ethyl adjacent to an activating group) is 1. The van der Waals surface area contributed by atoms with Crippen LogP contribution < -0.4 is 9.47 Å². The number of furan rings is 1. The Morgan fingerprint density at radius 3 is 2.22 bits per heavy atom. The molecule has 0 saturated heterocycles. The van der Waals surface area contributed by atoms with E-state index in [1.807, 2.05) is 24.3 Å². The maximum atomic E-state index is 13.7. The molecule has 0 spiro atoms. The Balaban J connectivity index is 1.62. The van der Waals surface area contributed by atoms with Crippen molar-refractivity contribution in [3.63, 3.8) is 0 Å². The molecule has 3 aromatic carbocycles. The van der Waals surface area contributed by atoms with Crippen molar-refractivity contribution in [1.82, 2.24) is 4.90 Å². The zero-order valence-electron chi connectivity index (χ0n) is 20.7. The number of aliphatic carboxylic acids is 1. The van der Waals surface area contributed by atoms with Crippen LogP contribution in [0.1, 0.15) is 29.8 Å². The largest absolute Gasteiger partial charge is 0.492 e. The number of halogens is 1. The van der Waals surface area contributed by atoms with E-state index in [0.29, 0.717) is 45.2 Å². The van der Waals surface area contributed by atoms with Crippen LogP contribution in [0.5, 0.6) is 11.5 Å². The fraction of sp³-hybridized carbons (Fsp3) is 0.241. The molecule has 0 amide bonds. The Morgan fingerprint density at radius 1 is 0.919 bits per heavy atom. The number of carbonyl (C=O) groups is 2. The normalized spacial score (nSPS) is 11.1. The maximum absolute atomic E-state index is 13.7. The van der Waals surface area contributed by atoms with E-state index >= 15 is 0 Å². The fourth-order valence-electron chi connectivity index (χ4n) is 4.03. The minimum absolute atomic E-state index is 0.250. The lowest BCUT2D eigenvalue weighted by Gasteiger charge is -2.18. The maximum Gasteiger partial charge on any atom is 0.341 e. The van der Waals surface area contributed by atoms with Crippen LogP contribution in [0.2, 0.25) is 5.02 Å². The van der Waals surface area contributed by atoms with Crippen molar-refractivity contribution in [1.29, 1.82) is 0 Å². The molecule has 1 aromatic heterocycles.